The smallest absolute Gasteiger partial charge is 0.257 e. The molecule has 0 atom stereocenters. The van der Waals surface area contributed by atoms with E-state index in [9.17, 15) is 4.79 Å². The number of carbonyl (C=O) groups is 1. The molecule has 0 aliphatic carbocycles. The summed E-state index contributed by atoms with van der Waals surface area (Å²) in [5, 5.41) is 5.78. The second kappa shape index (κ2) is 7.28. The van der Waals surface area contributed by atoms with Gasteiger partial charge >= 0.3 is 0 Å². The number of thiocarbonyl (C=S) groups is 1. The van der Waals surface area contributed by atoms with Crippen LogP contribution in [0, 0.1) is 10.5 Å². The fraction of sp³-hybridized carbons (Fsp3) is 0.0714. The zero-order chi connectivity index (χ0) is 15.4. The number of aromatic nitrogens is 1. The molecule has 2 rings (SSSR count). The predicted octanol–water partition coefficient (Wildman–Crippen LogP) is 3.88. The number of pyridine rings is 1. The molecule has 0 bridgehead atoms. The molecule has 1 aromatic heterocycles. The van der Waals surface area contributed by atoms with E-state index in [1.54, 1.807) is 30.5 Å². The number of amides is 1. The average molecular weight is 476 g/mol. The van der Waals surface area contributed by atoms with Crippen molar-refractivity contribution in [1.82, 2.24) is 10.3 Å². The number of carbonyl (C=O) groups excluding carboxylic acids is 1. The van der Waals surface area contributed by atoms with Crippen LogP contribution in [0.2, 0.25) is 0 Å². The van der Waals surface area contributed by atoms with E-state index < -0.39 is 0 Å². The molecule has 0 spiro atoms. The highest BCUT2D eigenvalue weighted by molar-refractivity contribution is 14.1. The Hall–Kier alpha value is -1.06. The Kier molecular flexibility index (Phi) is 5.65. The highest BCUT2D eigenvalue weighted by Crippen LogP contribution is 2.14. The highest BCUT2D eigenvalue weighted by Gasteiger charge is 2.09. The standard InChI is InChI=1S/C14H11BrIN3OS/c1-8-6-11(16)7-17-12(8)18-14(21)19-13(20)9-2-4-10(15)5-3-9/h2-7H,1H3,(H2,17,18,19,20,21). The molecule has 0 aliphatic rings. The number of hydrogen-bond donors (Lipinski definition) is 2. The van der Waals surface area contributed by atoms with Gasteiger partial charge in [0.25, 0.3) is 5.91 Å². The van der Waals surface area contributed by atoms with Crippen molar-refractivity contribution in [3.63, 3.8) is 0 Å². The number of nitrogens with zero attached hydrogens (tertiary/aromatic N) is 1. The maximum atomic E-state index is 12.0. The van der Waals surface area contributed by atoms with Crippen molar-refractivity contribution in [1.29, 1.82) is 0 Å². The molecule has 7 heteroatoms. The molecule has 1 amide bonds. The van der Waals surface area contributed by atoms with Gasteiger partial charge in [-0.25, -0.2) is 4.98 Å². The van der Waals surface area contributed by atoms with E-state index in [0.29, 0.717) is 11.4 Å². The molecule has 2 aromatic rings. The average Bonchev–Trinajstić information content (AvgIpc) is 2.42. The third-order valence-corrected chi connectivity index (χ3v) is 3.93. The van der Waals surface area contributed by atoms with Gasteiger partial charge in [0.2, 0.25) is 0 Å². The van der Waals surface area contributed by atoms with Crippen LogP contribution in [0.3, 0.4) is 0 Å². The minimum atomic E-state index is -0.261. The number of nitrogens with one attached hydrogen (secondary N) is 2. The van der Waals surface area contributed by atoms with Crippen LogP contribution in [-0.4, -0.2) is 16.0 Å². The zero-order valence-electron chi connectivity index (χ0n) is 11.0. The molecule has 0 saturated heterocycles. The number of benzene rings is 1. The molecule has 4 nitrogen and oxygen atoms in total. The van der Waals surface area contributed by atoms with Crippen molar-refractivity contribution < 1.29 is 4.79 Å². The Balaban J connectivity index is 2.01. The number of halogens is 2. The molecule has 108 valence electrons. The van der Waals surface area contributed by atoms with Gasteiger partial charge in [-0.1, -0.05) is 15.9 Å². The largest absolute Gasteiger partial charge is 0.317 e. The predicted molar refractivity (Wildman–Crippen MR) is 99.5 cm³/mol. The SMILES string of the molecule is Cc1cc(I)cnc1NC(=S)NC(=O)c1ccc(Br)cc1. The molecule has 2 N–H and O–H groups in total. The van der Waals surface area contributed by atoms with Crippen LogP contribution >= 0.6 is 50.7 Å². The van der Waals surface area contributed by atoms with Crippen LogP contribution in [0.25, 0.3) is 0 Å². The van der Waals surface area contributed by atoms with E-state index in [1.807, 2.05) is 13.0 Å². The van der Waals surface area contributed by atoms with Crippen molar-refractivity contribution in [2.45, 2.75) is 6.92 Å². The lowest BCUT2D eigenvalue weighted by Crippen LogP contribution is -2.34. The fourth-order valence-corrected chi connectivity index (χ4v) is 2.65. The Morgan fingerprint density at radius 1 is 1.33 bits per heavy atom. The third-order valence-electron chi connectivity index (χ3n) is 2.61. The van der Waals surface area contributed by atoms with E-state index >= 15 is 0 Å². The Morgan fingerprint density at radius 3 is 2.62 bits per heavy atom. The maximum absolute atomic E-state index is 12.0. The molecule has 0 unspecified atom stereocenters. The van der Waals surface area contributed by atoms with Crippen LogP contribution in [0.15, 0.2) is 41.0 Å². The van der Waals surface area contributed by atoms with Gasteiger partial charge in [-0.05, 0) is 77.6 Å². The van der Waals surface area contributed by atoms with Gasteiger partial charge in [0.05, 0.1) is 0 Å². The first-order valence-electron chi connectivity index (χ1n) is 5.96. The van der Waals surface area contributed by atoms with E-state index in [4.69, 9.17) is 12.2 Å². The van der Waals surface area contributed by atoms with Crippen molar-refractivity contribution in [2.75, 3.05) is 5.32 Å². The number of aryl methyl sites for hydroxylation is 1. The van der Waals surface area contributed by atoms with Gasteiger partial charge in [0.1, 0.15) is 5.82 Å². The normalized spacial score (nSPS) is 10.0. The van der Waals surface area contributed by atoms with Gasteiger partial charge in [-0.15, -0.1) is 0 Å². The first-order valence-corrected chi connectivity index (χ1v) is 8.24. The first kappa shape index (κ1) is 16.3. The monoisotopic (exact) mass is 475 g/mol. The molecule has 1 aromatic carbocycles. The van der Waals surface area contributed by atoms with Crippen LogP contribution < -0.4 is 10.6 Å². The van der Waals surface area contributed by atoms with Gasteiger partial charge in [-0.2, -0.15) is 0 Å². The molecule has 0 saturated carbocycles. The number of hydrogen-bond acceptors (Lipinski definition) is 3. The minimum absolute atomic E-state index is 0.222. The van der Waals surface area contributed by atoms with Crippen molar-refractivity contribution in [2.24, 2.45) is 0 Å². The Bertz CT molecular complexity index is 691. The van der Waals surface area contributed by atoms with E-state index in [1.165, 1.54) is 0 Å². The van der Waals surface area contributed by atoms with Gasteiger partial charge in [-0.3, -0.25) is 10.1 Å². The summed E-state index contributed by atoms with van der Waals surface area (Å²) < 4.78 is 1.96. The molecular formula is C14H11BrIN3OS. The van der Waals surface area contributed by atoms with Gasteiger partial charge < -0.3 is 5.32 Å². The zero-order valence-corrected chi connectivity index (χ0v) is 15.5. The Labute approximate surface area is 150 Å². The topological polar surface area (TPSA) is 54.0 Å². The van der Waals surface area contributed by atoms with E-state index in [-0.39, 0.29) is 11.0 Å². The summed E-state index contributed by atoms with van der Waals surface area (Å²) in [6.07, 6.45) is 1.73. The van der Waals surface area contributed by atoms with Crippen molar-refractivity contribution in [3.8, 4) is 0 Å². The van der Waals surface area contributed by atoms with Gasteiger partial charge in [0.15, 0.2) is 5.11 Å². The molecule has 21 heavy (non-hydrogen) atoms. The van der Waals surface area contributed by atoms with Gasteiger partial charge in [0, 0.05) is 19.8 Å². The summed E-state index contributed by atoms with van der Waals surface area (Å²) in [5.41, 5.74) is 1.50. The Morgan fingerprint density at radius 2 is 2.00 bits per heavy atom. The summed E-state index contributed by atoms with van der Waals surface area (Å²) >= 11 is 10.7. The van der Waals surface area contributed by atoms with E-state index in [2.05, 4.69) is 54.1 Å². The van der Waals surface area contributed by atoms with Crippen molar-refractivity contribution >= 4 is 67.6 Å². The summed E-state index contributed by atoms with van der Waals surface area (Å²) in [7, 11) is 0. The number of anilines is 1. The quantitative estimate of drug-likeness (QED) is 0.511. The second-order valence-corrected chi connectivity index (χ2v) is 6.80. The lowest BCUT2D eigenvalue weighted by molar-refractivity contribution is 0.0977. The van der Waals surface area contributed by atoms with E-state index in [0.717, 1.165) is 13.6 Å². The third kappa shape index (κ3) is 4.72. The lowest BCUT2D eigenvalue weighted by atomic mass is 10.2. The highest BCUT2D eigenvalue weighted by atomic mass is 127. The minimum Gasteiger partial charge on any atom is -0.317 e. The number of rotatable bonds is 2. The first-order chi connectivity index (χ1) is 9.95. The summed E-state index contributed by atoms with van der Waals surface area (Å²) in [5.74, 6) is 0.375. The molecule has 0 radical (unpaired) electrons. The van der Waals surface area contributed by atoms with Crippen LogP contribution in [0.5, 0.6) is 0 Å². The van der Waals surface area contributed by atoms with Crippen LogP contribution in [0.4, 0.5) is 5.82 Å². The molecule has 0 aliphatic heterocycles. The summed E-state index contributed by atoms with van der Waals surface area (Å²) in [4.78, 5) is 16.3. The maximum Gasteiger partial charge on any atom is 0.257 e. The fourth-order valence-electron chi connectivity index (χ4n) is 1.59. The molecule has 1 heterocycles. The molecular weight excluding hydrogens is 465 g/mol. The summed E-state index contributed by atoms with van der Waals surface area (Å²) in [6.45, 7) is 1.93. The van der Waals surface area contributed by atoms with Crippen molar-refractivity contribution in [3.05, 3.63) is 55.7 Å². The van der Waals surface area contributed by atoms with Crippen LogP contribution in [-0.2, 0) is 0 Å². The lowest BCUT2D eigenvalue weighted by Gasteiger charge is -2.11. The summed E-state index contributed by atoms with van der Waals surface area (Å²) in [6, 6.07) is 9.02. The molecule has 0 fully saturated rings. The van der Waals surface area contributed by atoms with Crippen LogP contribution in [0.1, 0.15) is 15.9 Å². The second-order valence-electron chi connectivity index (χ2n) is 4.23.